The summed E-state index contributed by atoms with van der Waals surface area (Å²) in [7, 11) is 0. The Morgan fingerprint density at radius 3 is 2.93 bits per heavy atom. The van der Waals surface area contributed by atoms with Gasteiger partial charge < -0.3 is 9.88 Å². The van der Waals surface area contributed by atoms with Crippen LogP contribution in [0.4, 0.5) is 0 Å². The minimum atomic E-state index is 0.662. The first-order valence-electron chi connectivity index (χ1n) is 5.42. The van der Waals surface area contributed by atoms with Crippen molar-refractivity contribution < 1.29 is 0 Å². The molecular formula is C12H18N2. The molecule has 0 amide bonds. The fourth-order valence-corrected chi connectivity index (χ4v) is 1.95. The first-order valence-corrected chi connectivity index (χ1v) is 5.42. The van der Waals surface area contributed by atoms with Crippen LogP contribution in [0.5, 0.6) is 0 Å². The van der Waals surface area contributed by atoms with Crippen molar-refractivity contribution >= 4 is 0 Å². The third-order valence-electron chi connectivity index (χ3n) is 2.84. The number of aryl methyl sites for hydroxylation is 1. The molecule has 1 N–H and O–H groups in total. The zero-order valence-corrected chi connectivity index (χ0v) is 8.74. The van der Waals surface area contributed by atoms with Crippen molar-refractivity contribution in [3.63, 3.8) is 0 Å². The molecule has 0 saturated heterocycles. The molecule has 0 bridgehead atoms. The van der Waals surface area contributed by atoms with Crippen LogP contribution in [0.25, 0.3) is 0 Å². The molecule has 1 aliphatic rings. The number of hydrogen-bond donors (Lipinski definition) is 1. The topological polar surface area (TPSA) is 17.0 Å². The summed E-state index contributed by atoms with van der Waals surface area (Å²) in [5.74, 6) is 0. The maximum atomic E-state index is 3.58. The van der Waals surface area contributed by atoms with Crippen LogP contribution in [0.15, 0.2) is 30.5 Å². The van der Waals surface area contributed by atoms with Gasteiger partial charge in [0.25, 0.3) is 0 Å². The fraction of sp³-hybridized carbons (Fsp3) is 0.500. The molecule has 0 spiro atoms. The van der Waals surface area contributed by atoms with E-state index in [0.717, 1.165) is 13.1 Å². The number of aromatic nitrogens is 1. The normalized spacial score (nSPS) is 16.6. The first kappa shape index (κ1) is 9.53. The molecule has 0 radical (unpaired) electrons. The van der Waals surface area contributed by atoms with Crippen molar-refractivity contribution in [2.24, 2.45) is 0 Å². The highest BCUT2D eigenvalue weighted by Crippen LogP contribution is 2.10. The number of nitrogens with one attached hydrogen (secondary N) is 1. The largest absolute Gasteiger partial charge is 0.351 e. The Labute approximate surface area is 85.6 Å². The van der Waals surface area contributed by atoms with Gasteiger partial charge in [0.2, 0.25) is 0 Å². The molecule has 0 atom stereocenters. The second-order valence-electron chi connectivity index (χ2n) is 3.81. The fourth-order valence-electron chi connectivity index (χ4n) is 1.95. The third kappa shape index (κ3) is 2.07. The Morgan fingerprint density at radius 1 is 1.43 bits per heavy atom. The van der Waals surface area contributed by atoms with E-state index in [1.165, 1.54) is 18.5 Å². The molecule has 0 fully saturated rings. The van der Waals surface area contributed by atoms with Crippen molar-refractivity contribution in [1.82, 2.24) is 9.88 Å². The average molecular weight is 190 g/mol. The van der Waals surface area contributed by atoms with Crippen molar-refractivity contribution in [3.8, 4) is 0 Å². The summed E-state index contributed by atoms with van der Waals surface area (Å²) in [5, 5.41) is 3.58. The lowest BCUT2D eigenvalue weighted by Gasteiger charge is -2.13. The summed E-state index contributed by atoms with van der Waals surface area (Å²) in [6.45, 7) is 4.24. The maximum absolute atomic E-state index is 3.58. The van der Waals surface area contributed by atoms with Crippen LogP contribution >= 0.6 is 0 Å². The van der Waals surface area contributed by atoms with Crippen LogP contribution in [0.2, 0.25) is 0 Å². The van der Waals surface area contributed by atoms with Gasteiger partial charge in [0, 0.05) is 31.0 Å². The molecule has 1 aliphatic carbocycles. The molecule has 2 nitrogen and oxygen atoms in total. The predicted octanol–water partition coefficient (Wildman–Crippen LogP) is 2.32. The van der Waals surface area contributed by atoms with Crippen LogP contribution < -0.4 is 5.32 Å². The molecular weight excluding hydrogens is 172 g/mol. The predicted molar refractivity (Wildman–Crippen MR) is 59.1 cm³/mol. The first-order chi connectivity index (χ1) is 6.90. The highest BCUT2D eigenvalue weighted by molar-refractivity contribution is 5.07. The van der Waals surface area contributed by atoms with Crippen molar-refractivity contribution in [2.75, 3.05) is 0 Å². The van der Waals surface area contributed by atoms with E-state index in [-0.39, 0.29) is 0 Å². The van der Waals surface area contributed by atoms with Gasteiger partial charge in [-0.05, 0) is 31.9 Å². The highest BCUT2D eigenvalue weighted by Gasteiger charge is 2.09. The molecule has 0 aliphatic heterocycles. The molecule has 0 unspecified atom stereocenters. The second kappa shape index (κ2) is 4.47. The Bertz CT molecular complexity index is 304. The Morgan fingerprint density at radius 2 is 2.21 bits per heavy atom. The van der Waals surface area contributed by atoms with Crippen LogP contribution in [0.1, 0.15) is 25.5 Å². The average Bonchev–Trinajstić information content (AvgIpc) is 2.85. The summed E-state index contributed by atoms with van der Waals surface area (Å²) in [6, 6.07) is 4.97. The molecule has 0 aromatic carbocycles. The maximum Gasteiger partial charge on any atom is 0.0361 e. The van der Waals surface area contributed by atoms with Gasteiger partial charge in [-0.25, -0.2) is 0 Å². The van der Waals surface area contributed by atoms with Gasteiger partial charge in [-0.15, -0.1) is 0 Å². The van der Waals surface area contributed by atoms with E-state index in [1.54, 1.807) is 0 Å². The van der Waals surface area contributed by atoms with E-state index in [1.807, 2.05) is 0 Å². The molecule has 0 saturated carbocycles. The molecule has 76 valence electrons. The number of hydrogen-bond acceptors (Lipinski definition) is 1. The standard InChI is InChI=1S/C12H18N2/c1-2-14-9-5-8-12(14)10-13-11-6-3-4-7-11/h3-5,8-9,11,13H,2,6-7,10H2,1H3. The van der Waals surface area contributed by atoms with E-state index in [0.29, 0.717) is 6.04 Å². The van der Waals surface area contributed by atoms with Crippen LogP contribution in [0, 0.1) is 0 Å². The number of rotatable bonds is 4. The van der Waals surface area contributed by atoms with Crippen LogP contribution in [0.3, 0.4) is 0 Å². The number of nitrogens with zero attached hydrogens (tertiary/aromatic N) is 1. The smallest absolute Gasteiger partial charge is 0.0361 e. The minimum absolute atomic E-state index is 0.662. The molecule has 2 heteroatoms. The molecule has 1 heterocycles. The molecule has 1 aromatic heterocycles. The van der Waals surface area contributed by atoms with Crippen molar-refractivity contribution in [2.45, 2.75) is 38.9 Å². The van der Waals surface area contributed by atoms with E-state index < -0.39 is 0 Å². The van der Waals surface area contributed by atoms with Gasteiger partial charge in [0.05, 0.1) is 0 Å². The van der Waals surface area contributed by atoms with E-state index >= 15 is 0 Å². The lowest BCUT2D eigenvalue weighted by Crippen LogP contribution is -2.26. The summed E-state index contributed by atoms with van der Waals surface area (Å²) >= 11 is 0. The molecule has 2 rings (SSSR count). The van der Waals surface area contributed by atoms with E-state index in [9.17, 15) is 0 Å². The van der Waals surface area contributed by atoms with Gasteiger partial charge in [-0.1, -0.05) is 12.2 Å². The third-order valence-corrected chi connectivity index (χ3v) is 2.84. The van der Waals surface area contributed by atoms with Gasteiger partial charge >= 0.3 is 0 Å². The van der Waals surface area contributed by atoms with Gasteiger partial charge in [-0.3, -0.25) is 0 Å². The van der Waals surface area contributed by atoms with Gasteiger partial charge in [-0.2, -0.15) is 0 Å². The van der Waals surface area contributed by atoms with Crippen LogP contribution in [-0.2, 0) is 13.1 Å². The summed E-state index contributed by atoms with van der Waals surface area (Å²) in [5.41, 5.74) is 1.39. The SMILES string of the molecule is CCn1cccc1CNC1CC=CC1. The zero-order chi connectivity index (χ0) is 9.80. The van der Waals surface area contributed by atoms with E-state index in [4.69, 9.17) is 0 Å². The van der Waals surface area contributed by atoms with Gasteiger partial charge in [0.1, 0.15) is 0 Å². The lowest BCUT2D eigenvalue weighted by atomic mass is 10.2. The summed E-state index contributed by atoms with van der Waals surface area (Å²) in [6.07, 6.45) is 9.04. The zero-order valence-electron chi connectivity index (χ0n) is 8.74. The Balaban J connectivity index is 1.85. The van der Waals surface area contributed by atoms with E-state index in [2.05, 4.69) is 47.3 Å². The van der Waals surface area contributed by atoms with Gasteiger partial charge in [0.15, 0.2) is 0 Å². The van der Waals surface area contributed by atoms with Crippen molar-refractivity contribution in [1.29, 1.82) is 0 Å². The van der Waals surface area contributed by atoms with Crippen molar-refractivity contribution in [3.05, 3.63) is 36.2 Å². The minimum Gasteiger partial charge on any atom is -0.351 e. The molecule has 1 aromatic rings. The quantitative estimate of drug-likeness (QED) is 0.721. The summed E-state index contributed by atoms with van der Waals surface area (Å²) < 4.78 is 2.29. The lowest BCUT2D eigenvalue weighted by molar-refractivity contribution is 0.520. The molecule has 14 heavy (non-hydrogen) atoms. The monoisotopic (exact) mass is 190 g/mol. The Kier molecular flexibility index (Phi) is 3.04. The van der Waals surface area contributed by atoms with Crippen LogP contribution in [-0.4, -0.2) is 10.6 Å². The second-order valence-corrected chi connectivity index (χ2v) is 3.81. The summed E-state index contributed by atoms with van der Waals surface area (Å²) in [4.78, 5) is 0. The Hall–Kier alpha value is -1.02. The highest BCUT2D eigenvalue weighted by atomic mass is 15.0.